The highest BCUT2D eigenvalue weighted by atomic mass is 32.2. The van der Waals surface area contributed by atoms with Crippen LogP contribution in [0.25, 0.3) is 0 Å². The van der Waals surface area contributed by atoms with Gasteiger partial charge in [-0.25, -0.2) is 8.42 Å². The van der Waals surface area contributed by atoms with Crippen LogP contribution < -0.4 is 29.6 Å². The molecule has 0 fully saturated rings. The molecule has 0 aliphatic rings. The summed E-state index contributed by atoms with van der Waals surface area (Å²) < 4.78 is 43.7. The van der Waals surface area contributed by atoms with E-state index in [4.69, 9.17) is 26.4 Å². The molecule has 0 saturated carbocycles. The molecular weight excluding hydrogens is 554 g/mol. The van der Waals surface area contributed by atoms with Crippen molar-refractivity contribution in [1.29, 1.82) is 0 Å². The maximum absolute atomic E-state index is 12.8. The molecular formula is C27H33N5O6S2. The predicted octanol–water partition coefficient (Wildman–Crippen LogP) is 4.77. The fraction of sp³-hybridized carbons (Fsp3) is 0.333. The number of hydrogen-bond donors (Lipinski definition) is 3. The summed E-state index contributed by atoms with van der Waals surface area (Å²) >= 11 is 5.24. The molecule has 3 rings (SSSR count). The zero-order valence-corrected chi connectivity index (χ0v) is 24.2. The molecule has 0 aliphatic carbocycles. The van der Waals surface area contributed by atoms with Crippen LogP contribution in [-0.2, 0) is 10.0 Å². The zero-order valence-electron chi connectivity index (χ0n) is 22.6. The lowest BCUT2D eigenvalue weighted by molar-refractivity contribution is 0.0977. The molecule has 13 heteroatoms. The topological polar surface area (TPSA) is 141 Å². The van der Waals surface area contributed by atoms with Gasteiger partial charge in [0.1, 0.15) is 5.75 Å². The first-order chi connectivity index (χ1) is 19.2. The summed E-state index contributed by atoms with van der Waals surface area (Å²) in [6.07, 6.45) is 5.80. The Bertz CT molecular complexity index is 1360. The largest absolute Gasteiger partial charge is 0.494 e. The number of thiocarbonyl (C=S) groups is 1. The Balaban J connectivity index is 1.51. The highest BCUT2D eigenvalue weighted by Crippen LogP contribution is 2.21. The van der Waals surface area contributed by atoms with Crippen LogP contribution in [0.1, 0.15) is 49.4 Å². The molecule has 3 N–H and O–H groups in total. The summed E-state index contributed by atoms with van der Waals surface area (Å²) in [5.74, 6) is 0.437. The van der Waals surface area contributed by atoms with Crippen LogP contribution in [0.15, 0.2) is 59.5 Å². The number of carbonyl (C=O) groups excluding carboxylic acids is 1. The SMILES string of the molecule is CCCCCCCOc1ccc(C(=O)NC(=S)Nc2ccc(S(=O)(=O)Nc3cc(OC)nc(OC)n3)cc2)cc1. The first-order valence-corrected chi connectivity index (χ1v) is 14.6. The Morgan fingerprint density at radius 2 is 1.62 bits per heavy atom. The minimum Gasteiger partial charge on any atom is -0.494 e. The van der Waals surface area contributed by atoms with Gasteiger partial charge in [0.25, 0.3) is 15.9 Å². The van der Waals surface area contributed by atoms with E-state index in [1.54, 1.807) is 24.3 Å². The van der Waals surface area contributed by atoms with Crippen LogP contribution in [0, 0.1) is 0 Å². The molecule has 0 aliphatic heterocycles. The van der Waals surface area contributed by atoms with Crippen molar-refractivity contribution in [3.05, 3.63) is 60.2 Å². The van der Waals surface area contributed by atoms with Gasteiger partial charge in [-0.3, -0.25) is 14.8 Å². The molecule has 0 bridgehead atoms. The number of hydrogen-bond acceptors (Lipinski definition) is 9. The Morgan fingerprint density at radius 1 is 0.925 bits per heavy atom. The van der Waals surface area contributed by atoms with Crippen molar-refractivity contribution in [2.24, 2.45) is 0 Å². The molecule has 0 saturated heterocycles. The Labute approximate surface area is 239 Å². The van der Waals surface area contributed by atoms with Crippen molar-refractivity contribution in [3.8, 4) is 17.6 Å². The Morgan fingerprint density at radius 3 is 2.27 bits per heavy atom. The fourth-order valence-corrected chi connectivity index (χ4v) is 4.70. The van der Waals surface area contributed by atoms with Crippen molar-refractivity contribution in [2.75, 3.05) is 30.9 Å². The molecule has 1 heterocycles. The van der Waals surface area contributed by atoms with Crippen molar-refractivity contribution < 1.29 is 27.4 Å². The summed E-state index contributed by atoms with van der Waals surface area (Å²) in [6, 6.07) is 13.9. The number of anilines is 2. The van der Waals surface area contributed by atoms with E-state index in [2.05, 4.69) is 32.2 Å². The van der Waals surface area contributed by atoms with Gasteiger partial charge >= 0.3 is 6.01 Å². The maximum Gasteiger partial charge on any atom is 0.321 e. The molecule has 214 valence electrons. The van der Waals surface area contributed by atoms with Crippen LogP contribution in [0.5, 0.6) is 17.6 Å². The number of nitrogens with zero attached hydrogens (tertiary/aromatic N) is 2. The third-order valence-corrected chi connectivity index (χ3v) is 7.17. The number of amides is 1. The number of benzene rings is 2. The molecule has 2 aromatic carbocycles. The van der Waals surface area contributed by atoms with Gasteiger partial charge in [0.15, 0.2) is 10.9 Å². The van der Waals surface area contributed by atoms with Crippen LogP contribution in [0.3, 0.4) is 0 Å². The lowest BCUT2D eigenvalue weighted by Gasteiger charge is -2.12. The van der Waals surface area contributed by atoms with Crippen molar-refractivity contribution in [3.63, 3.8) is 0 Å². The van der Waals surface area contributed by atoms with Gasteiger partial charge in [-0.1, -0.05) is 32.6 Å². The average Bonchev–Trinajstić information content (AvgIpc) is 2.95. The molecule has 1 aromatic heterocycles. The normalized spacial score (nSPS) is 10.9. The molecule has 3 aromatic rings. The highest BCUT2D eigenvalue weighted by molar-refractivity contribution is 7.92. The second-order valence-corrected chi connectivity index (χ2v) is 10.7. The minimum absolute atomic E-state index is 0.0169. The number of methoxy groups -OCH3 is 2. The zero-order chi connectivity index (χ0) is 29.0. The summed E-state index contributed by atoms with van der Waals surface area (Å²) in [5.41, 5.74) is 0.905. The van der Waals surface area contributed by atoms with E-state index in [1.165, 1.54) is 63.8 Å². The van der Waals surface area contributed by atoms with E-state index in [1.807, 2.05) is 0 Å². The van der Waals surface area contributed by atoms with Gasteiger partial charge in [-0.2, -0.15) is 9.97 Å². The number of aromatic nitrogens is 2. The smallest absolute Gasteiger partial charge is 0.321 e. The molecule has 0 atom stereocenters. The van der Waals surface area contributed by atoms with E-state index < -0.39 is 10.0 Å². The molecule has 1 amide bonds. The Kier molecular flexibility index (Phi) is 11.5. The number of carbonyl (C=O) groups is 1. The highest BCUT2D eigenvalue weighted by Gasteiger charge is 2.17. The first-order valence-electron chi connectivity index (χ1n) is 12.7. The van der Waals surface area contributed by atoms with E-state index in [0.29, 0.717) is 23.6 Å². The second kappa shape index (κ2) is 15.0. The van der Waals surface area contributed by atoms with Gasteiger partial charge in [-0.05, 0) is 67.2 Å². The third kappa shape index (κ3) is 9.35. The molecule has 0 spiro atoms. The summed E-state index contributed by atoms with van der Waals surface area (Å²) in [6.45, 7) is 2.83. The molecule has 11 nitrogen and oxygen atoms in total. The van der Waals surface area contributed by atoms with Gasteiger partial charge in [0, 0.05) is 17.3 Å². The second-order valence-electron chi connectivity index (χ2n) is 8.61. The quantitative estimate of drug-likeness (QED) is 0.178. The Hall–Kier alpha value is -3.97. The fourth-order valence-electron chi connectivity index (χ4n) is 3.50. The van der Waals surface area contributed by atoms with Crippen LogP contribution >= 0.6 is 12.2 Å². The lowest BCUT2D eigenvalue weighted by atomic mass is 10.2. The predicted molar refractivity (Wildman–Crippen MR) is 157 cm³/mol. The first kappa shape index (κ1) is 30.6. The number of nitrogens with one attached hydrogen (secondary N) is 3. The number of ether oxygens (including phenoxy) is 3. The summed E-state index contributed by atoms with van der Waals surface area (Å²) in [5, 5.41) is 5.54. The van der Waals surface area contributed by atoms with Crippen molar-refractivity contribution >= 4 is 44.8 Å². The van der Waals surface area contributed by atoms with Gasteiger partial charge in [0.2, 0.25) is 5.88 Å². The number of unbranched alkanes of at least 4 members (excludes halogenated alkanes) is 4. The van der Waals surface area contributed by atoms with Crippen LogP contribution in [0.4, 0.5) is 11.5 Å². The van der Waals surface area contributed by atoms with Gasteiger partial charge in [-0.15, -0.1) is 0 Å². The maximum atomic E-state index is 12.8. The van der Waals surface area contributed by atoms with Crippen molar-refractivity contribution in [1.82, 2.24) is 15.3 Å². The van der Waals surface area contributed by atoms with Gasteiger partial charge < -0.3 is 19.5 Å². The average molecular weight is 588 g/mol. The van der Waals surface area contributed by atoms with E-state index >= 15 is 0 Å². The standard InChI is InChI=1S/C27H33N5O6S2/c1-4-5-6-7-8-17-38-21-13-9-19(10-14-21)25(33)31-27(39)28-20-11-15-22(16-12-20)40(34,35)32-23-18-24(36-2)30-26(29-23)37-3/h9-16,18H,4-8,17H2,1-3H3,(H,29,30,32)(H2,28,31,33,39). The number of sulfonamides is 1. The molecule has 0 unspecified atom stereocenters. The van der Waals surface area contributed by atoms with Crippen LogP contribution in [0.2, 0.25) is 0 Å². The minimum atomic E-state index is -3.97. The monoisotopic (exact) mass is 587 g/mol. The number of rotatable bonds is 14. The third-order valence-electron chi connectivity index (χ3n) is 5.60. The van der Waals surface area contributed by atoms with Crippen molar-refractivity contribution in [2.45, 2.75) is 43.9 Å². The lowest BCUT2D eigenvalue weighted by Crippen LogP contribution is -2.34. The van der Waals surface area contributed by atoms with E-state index in [0.717, 1.165) is 12.8 Å². The van der Waals surface area contributed by atoms with E-state index in [-0.39, 0.29) is 33.6 Å². The summed E-state index contributed by atoms with van der Waals surface area (Å²) in [4.78, 5) is 20.5. The van der Waals surface area contributed by atoms with E-state index in [9.17, 15) is 13.2 Å². The summed E-state index contributed by atoms with van der Waals surface area (Å²) in [7, 11) is -1.23. The molecule has 0 radical (unpaired) electrons. The molecule has 40 heavy (non-hydrogen) atoms. The van der Waals surface area contributed by atoms with Crippen LogP contribution in [-0.4, -0.2) is 50.2 Å². The van der Waals surface area contributed by atoms with Gasteiger partial charge in [0.05, 0.1) is 25.7 Å².